The molecule has 3 aromatic rings. The van der Waals surface area contributed by atoms with E-state index in [4.69, 9.17) is 9.15 Å². The summed E-state index contributed by atoms with van der Waals surface area (Å²) in [5, 5.41) is 0.571. The van der Waals surface area contributed by atoms with Crippen molar-refractivity contribution in [3.63, 3.8) is 0 Å². The third kappa shape index (κ3) is 4.30. The van der Waals surface area contributed by atoms with Crippen LogP contribution in [0.15, 0.2) is 63.8 Å². The molecule has 138 valence electrons. The highest BCUT2D eigenvalue weighted by molar-refractivity contribution is 5.97. The van der Waals surface area contributed by atoms with Gasteiger partial charge in [-0.1, -0.05) is 18.2 Å². The predicted octanol–water partition coefficient (Wildman–Crippen LogP) is 2.16. The molecule has 3 rings (SSSR count). The minimum Gasteiger partial charge on any atom is -0.481 e. The highest BCUT2D eigenvalue weighted by Gasteiger charge is 2.18. The lowest BCUT2D eigenvalue weighted by molar-refractivity contribution is -0.128. The maximum Gasteiger partial charge on any atom is 0.349 e. The van der Waals surface area contributed by atoms with Crippen LogP contribution in [-0.4, -0.2) is 17.9 Å². The summed E-state index contributed by atoms with van der Waals surface area (Å²) in [7, 11) is 0. The average molecular weight is 370 g/mol. The molecule has 0 saturated carbocycles. The number of para-hydroxylation sites is 1. The summed E-state index contributed by atoms with van der Waals surface area (Å²) < 4.78 is 23.3. The first-order valence-electron chi connectivity index (χ1n) is 7.99. The average Bonchev–Trinajstić information content (AvgIpc) is 2.67. The minimum atomic E-state index is -0.969. The van der Waals surface area contributed by atoms with E-state index in [1.54, 1.807) is 24.3 Å². The second kappa shape index (κ2) is 7.69. The van der Waals surface area contributed by atoms with E-state index in [2.05, 4.69) is 10.9 Å². The number of benzene rings is 2. The third-order valence-electron chi connectivity index (χ3n) is 3.68. The summed E-state index contributed by atoms with van der Waals surface area (Å²) in [4.78, 5) is 36.1. The van der Waals surface area contributed by atoms with Gasteiger partial charge in [-0.2, -0.15) is 0 Å². The van der Waals surface area contributed by atoms with Gasteiger partial charge in [0.2, 0.25) is 0 Å². The maximum absolute atomic E-state index is 12.9. The quantitative estimate of drug-likeness (QED) is 0.542. The van der Waals surface area contributed by atoms with Gasteiger partial charge in [0.25, 0.3) is 11.8 Å². The van der Waals surface area contributed by atoms with Gasteiger partial charge in [0, 0.05) is 5.39 Å². The lowest BCUT2D eigenvalue weighted by atomic mass is 10.2. The zero-order valence-electron chi connectivity index (χ0n) is 14.2. The first-order valence-corrected chi connectivity index (χ1v) is 7.99. The van der Waals surface area contributed by atoms with E-state index in [0.717, 1.165) is 0 Å². The van der Waals surface area contributed by atoms with E-state index in [1.807, 2.05) is 0 Å². The van der Waals surface area contributed by atoms with Gasteiger partial charge in [0.15, 0.2) is 6.10 Å². The molecule has 0 spiro atoms. The van der Waals surface area contributed by atoms with Gasteiger partial charge in [-0.25, -0.2) is 9.18 Å². The Labute approximate surface area is 152 Å². The van der Waals surface area contributed by atoms with E-state index < -0.39 is 29.4 Å². The van der Waals surface area contributed by atoms with Gasteiger partial charge in [0.05, 0.1) is 0 Å². The number of hydrogen-bond donors (Lipinski definition) is 2. The van der Waals surface area contributed by atoms with Crippen LogP contribution >= 0.6 is 0 Å². The Morgan fingerprint density at radius 3 is 2.52 bits per heavy atom. The zero-order chi connectivity index (χ0) is 19.4. The molecule has 0 unspecified atom stereocenters. The monoisotopic (exact) mass is 370 g/mol. The van der Waals surface area contributed by atoms with E-state index >= 15 is 0 Å². The number of hydrogen-bond acceptors (Lipinski definition) is 5. The van der Waals surface area contributed by atoms with Crippen LogP contribution in [0.5, 0.6) is 5.75 Å². The zero-order valence-corrected chi connectivity index (χ0v) is 14.2. The third-order valence-corrected chi connectivity index (χ3v) is 3.68. The normalized spacial score (nSPS) is 11.6. The molecule has 1 aromatic heterocycles. The van der Waals surface area contributed by atoms with Gasteiger partial charge in [0.1, 0.15) is 22.7 Å². The number of carbonyl (C=O) groups is 2. The predicted molar refractivity (Wildman–Crippen MR) is 94.6 cm³/mol. The van der Waals surface area contributed by atoms with Crippen molar-refractivity contribution in [3.05, 3.63) is 76.4 Å². The molecule has 0 saturated heterocycles. The second-order valence-corrected chi connectivity index (χ2v) is 5.64. The van der Waals surface area contributed by atoms with Crippen molar-refractivity contribution in [2.45, 2.75) is 13.0 Å². The van der Waals surface area contributed by atoms with Crippen molar-refractivity contribution >= 4 is 22.8 Å². The van der Waals surface area contributed by atoms with Gasteiger partial charge >= 0.3 is 5.63 Å². The van der Waals surface area contributed by atoms with E-state index in [9.17, 15) is 18.8 Å². The Bertz CT molecular complexity index is 1050. The molecule has 8 heteroatoms. The standard InChI is InChI=1S/C19H15FN2O5/c1-11(26-14-8-6-13(20)7-9-14)17(23)21-22-18(24)15-10-12-4-2-3-5-16(12)27-19(15)25/h2-11H,1H3,(H,21,23)(H,22,24)/t11-/m0/s1. The molecule has 0 aliphatic rings. The molecular weight excluding hydrogens is 355 g/mol. The number of rotatable bonds is 4. The molecule has 1 atom stereocenters. The van der Waals surface area contributed by atoms with E-state index in [1.165, 1.54) is 37.3 Å². The summed E-state index contributed by atoms with van der Waals surface area (Å²) >= 11 is 0. The number of fused-ring (bicyclic) bond motifs is 1. The Morgan fingerprint density at radius 1 is 1.07 bits per heavy atom. The molecular formula is C19H15FN2O5. The highest BCUT2D eigenvalue weighted by Crippen LogP contribution is 2.13. The molecule has 27 heavy (non-hydrogen) atoms. The molecule has 0 bridgehead atoms. The van der Waals surface area contributed by atoms with Crippen molar-refractivity contribution in [3.8, 4) is 5.75 Å². The molecule has 0 fully saturated rings. The Balaban J connectivity index is 1.63. The fourth-order valence-corrected chi connectivity index (χ4v) is 2.28. The first kappa shape index (κ1) is 18.1. The SMILES string of the molecule is C[C@H](Oc1ccc(F)cc1)C(=O)NNC(=O)c1cc2ccccc2oc1=O. The summed E-state index contributed by atoms with van der Waals surface area (Å²) in [5.74, 6) is -1.61. The molecule has 7 nitrogen and oxygen atoms in total. The van der Waals surface area contributed by atoms with E-state index in [-0.39, 0.29) is 5.56 Å². The highest BCUT2D eigenvalue weighted by atomic mass is 19.1. The summed E-state index contributed by atoms with van der Waals surface area (Å²) in [6.07, 6.45) is -0.969. The Hall–Kier alpha value is -3.68. The van der Waals surface area contributed by atoms with Crippen LogP contribution in [0.1, 0.15) is 17.3 Å². The van der Waals surface area contributed by atoms with Crippen LogP contribution in [0.25, 0.3) is 11.0 Å². The topological polar surface area (TPSA) is 97.6 Å². The summed E-state index contributed by atoms with van der Waals surface area (Å²) in [6.45, 7) is 1.45. The molecule has 2 amide bonds. The minimum absolute atomic E-state index is 0.249. The molecule has 2 N–H and O–H groups in total. The van der Waals surface area contributed by atoms with Gasteiger partial charge in [-0.3, -0.25) is 20.4 Å². The number of hydrazine groups is 1. The molecule has 0 aliphatic heterocycles. The molecule has 1 heterocycles. The van der Waals surface area contributed by atoms with Crippen molar-refractivity contribution in [2.75, 3.05) is 0 Å². The number of amides is 2. The molecule has 0 aliphatic carbocycles. The summed E-state index contributed by atoms with van der Waals surface area (Å²) in [6, 6.07) is 13.2. The Kier molecular flexibility index (Phi) is 5.16. The van der Waals surface area contributed by atoms with Crippen LogP contribution in [0, 0.1) is 5.82 Å². The first-order chi connectivity index (χ1) is 12.9. The van der Waals surface area contributed by atoms with E-state index in [0.29, 0.717) is 16.7 Å². The fraction of sp³-hybridized carbons (Fsp3) is 0.105. The van der Waals surface area contributed by atoms with Gasteiger partial charge < -0.3 is 9.15 Å². The second-order valence-electron chi connectivity index (χ2n) is 5.64. The van der Waals surface area contributed by atoms with Crippen molar-refractivity contribution in [2.24, 2.45) is 0 Å². The van der Waals surface area contributed by atoms with Crippen molar-refractivity contribution in [1.82, 2.24) is 10.9 Å². The van der Waals surface area contributed by atoms with Crippen LogP contribution in [0.2, 0.25) is 0 Å². The van der Waals surface area contributed by atoms with Crippen LogP contribution in [-0.2, 0) is 4.79 Å². The molecule has 0 radical (unpaired) electrons. The lowest BCUT2D eigenvalue weighted by Gasteiger charge is -2.15. The fourth-order valence-electron chi connectivity index (χ4n) is 2.28. The van der Waals surface area contributed by atoms with Gasteiger partial charge in [-0.05, 0) is 43.3 Å². The van der Waals surface area contributed by atoms with Crippen molar-refractivity contribution in [1.29, 1.82) is 0 Å². The van der Waals surface area contributed by atoms with Crippen LogP contribution < -0.4 is 21.2 Å². The Morgan fingerprint density at radius 2 is 1.78 bits per heavy atom. The lowest BCUT2D eigenvalue weighted by Crippen LogP contribution is -2.48. The summed E-state index contributed by atoms with van der Waals surface area (Å²) in [5.41, 5.74) is 3.59. The van der Waals surface area contributed by atoms with Gasteiger partial charge in [-0.15, -0.1) is 0 Å². The number of ether oxygens (including phenoxy) is 1. The number of nitrogens with one attached hydrogen (secondary N) is 2. The number of halogens is 1. The van der Waals surface area contributed by atoms with Crippen LogP contribution in [0.3, 0.4) is 0 Å². The molecule has 2 aromatic carbocycles. The van der Waals surface area contributed by atoms with Crippen LogP contribution in [0.4, 0.5) is 4.39 Å². The maximum atomic E-state index is 12.9. The smallest absolute Gasteiger partial charge is 0.349 e. The largest absolute Gasteiger partial charge is 0.481 e. The van der Waals surface area contributed by atoms with Crippen molar-refractivity contribution < 1.29 is 23.1 Å². The number of carbonyl (C=O) groups excluding carboxylic acids is 2.